The Kier molecular flexibility index (Phi) is 4.65. The first kappa shape index (κ1) is 15.5. The Balaban J connectivity index is 2.36. The monoisotopic (exact) mass is 326 g/mol. The topological polar surface area (TPSA) is 70.0 Å². The third kappa shape index (κ3) is 3.62. The average molecular weight is 327 g/mol. The van der Waals surface area contributed by atoms with E-state index >= 15 is 0 Å². The number of carbonyl (C=O) groups excluding carboxylic acids is 1. The Morgan fingerprint density at radius 3 is 2.62 bits per heavy atom. The van der Waals surface area contributed by atoms with Crippen LogP contribution in [-0.4, -0.2) is 34.2 Å². The van der Waals surface area contributed by atoms with Crippen LogP contribution >= 0.6 is 23.2 Å². The number of carboxylic acids is 1. The lowest BCUT2D eigenvalue weighted by Gasteiger charge is -2.22. The van der Waals surface area contributed by atoms with Crippen molar-refractivity contribution in [2.45, 2.75) is 13.3 Å². The van der Waals surface area contributed by atoms with Gasteiger partial charge in [0.1, 0.15) is 6.54 Å². The van der Waals surface area contributed by atoms with Crippen LogP contribution in [0.3, 0.4) is 0 Å². The zero-order valence-electron chi connectivity index (χ0n) is 11.1. The minimum absolute atomic E-state index is 0.0597. The van der Waals surface area contributed by atoms with Gasteiger partial charge in [-0.15, -0.1) is 0 Å². The van der Waals surface area contributed by atoms with E-state index in [0.717, 1.165) is 5.01 Å². The van der Waals surface area contributed by atoms with Gasteiger partial charge < -0.3 is 5.11 Å². The zero-order chi connectivity index (χ0) is 15.6. The molecule has 0 unspecified atom stereocenters. The molecule has 0 aromatic heterocycles. The maximum absolute atomic E-state index is 11.9. The van der Waals surface area contributed by atoms with Gasteiger partial charge in [-0.2, -0.15) is 5.10 Å². The van der Waals surface area contributed by atoms with E-state index in [1.807, 2.05) is 0 Å². The number of amides is 1. The normalized spacial score (nSPS) is 17.1. The van der Waals surface area contributed by atoms with Crippen LogP contribution in [0.4, 0.5) is 0 Å². The molecule has 1 amide bonds. The van der Waals surface area contributed by atoms with Gasteiger partial charge in [0.05, 0.1) is 12.1 Å². The predicted molar refractivity (Wildman–Crippen MR) is 81.5 cm³/mol. The van der Waals surface area contributed by atoms with Crippen LogP contribution in [0.2, 0.25) is 10.0 Å². The van der Waals surface area contributed by atoms with Gasteiger partial charge in [-0.25, -0.2) is 5.01 Å². The molecule has 1 aromatic rings. The smallest absolute Gasteiger partial charge is 0.325 e. The fourth-order valence-corrected chi connectivity index (χ4v) is 2.42. The minimum atomic E-state index is -1.11. The molecule has 0 spiro atoms. The first-order valence-electron chi connectivity index (χ1n) is 6.11. The summed E-state index contributed by atoms with van der Waals surface area (Å²) in [6.45, 7) is 1.26. The summed E-state index contributed by atoms with van der Waals surface area (Å²) >= 11 is 12.2. The number of hydrogen-bond acceptors (Lipinski definition) is 3. The Hall–Kier alpha value is -1.85. The number of aliphatic carboxylic acids is 1. The first-order valence-corrected chi connectivity index (χ1v) is 6.86. The van der Waals surface area contributed by atoms with E-state index in [1.165, 1.54) is 0 Å². The molecule has 110 valence electrons. The minimum Gasteiger partial charge on any atom is -0.480 e. The average Bonchev–Trinajstić information content (AvgIpc) is 2.38. The van der Waals surface area contributed by atoms with Crippen LogP contribution < -0.4 is 0 Å². The van der Waals surface area contributed by atoms with Gasteiger partial charge >= 0.3 is 5.97 Å². The van der Waals surface area contributed by atoms with Gasteiger partial charge in [0.2, 0.25) is 5.91 Å². The fraction of sp³-hybridized carbons (Fsp3) is 0.214. The molecule has 0 bridgehead atoms. The highest BCUT2D eigenvalue weighted by Gasteiger charge is 2.24. The first-order chi connectivity index (χ1) is 9.88. The molecule has 0 fully saturated rings. The molecule has 0 saturated carbocycles. The van der Waals surface area contributed by atoms with Crippen molar-refractivity contribution in [3.05, 3.63) is 39.4 Å². The second-order valence-corrected chi connectivity index (χ2v) is 5.33. The number of nitrogens with zero attached hydrogens (tertiary/aromatic N) is 2. The lowest BCUT2D eigenvalue weighted by Crippen LogP contribution is -2.35. The summed E-state index contributed by atoms with van der Waals surface area (Å²) in [7, 11) is 0. The van der Waals surface area contributed by atoms with E-state index in [0.29, 0.717) is 26.9 Å². The van der Waals surface area contributed by atoms with Crippen LogP contribution in [0.5, 0.6) is 0 Å². The van der Waals surface area contributed by atoms with Crippen molar-refractivity contribution < 1.29 is 14.7 Å². The summed E-state index contributed by atoms with van der Waals surface area (Å²) in [5, 5.41) is 14.6. The molecule has 5 nitrogen and oxygen atoms in total. The molecule has 2 rings (SSSR count). The second-order valence-electron chi connectivity index (χ2n) is 4.51. The van der Waals surface area contributed by atoms with Gasteiger partial charge in [0.25, 0.3) is 0 Å². The van der Waals surface area contributed by atoms with Crippen molar-refractivity contribution >= 4 is 46.9 Å². The maximum atomic E-state index is 11.9. The van der Waals surface area contributed by atoms with E-state index < -0.39 is 12.5 Å². The molecule has 7 heteroatoms. The molecule has 21 heavy (non-hydrogen) atoms. The second kappa shape index (κ2) is 6.28. The highest BCUT2D eigenvalue weighted by molar-refractivity contribution is 6.37. The van der Waals surface area contributed by atoms with Gasteiger partial charge in [-0.1, -0.05) is 29.3 Å². The van der Waals surface area contributed by atoms with Crippen molar-refractivity contribution in [3.8, 4) is 0 Å². The van der Waals surface area contributed by atoms with E-state index in [-0.39, 0.29) is 12.3 Å². The number of rotatable bonds is 3. The molecule has 0 atom stereocenters. The Labute approximate surface area is 131 Å². The largest absolute Gasteiger partial charge is 0.480 e. The maximum Gasteiger partial charge on any atom is 0.325 e. The van der Waals surface area contributed by atoms with Crippen molar-refractivity contribution in [2.75, 3.05) is 6.54 Å². The molecule has 0 radical (unpaired) electrons. The van der Waals surface area contributed by atoms with E-state index in [9.17, 15) is 9.59 Å². The fourth-order valence-electron chi connectivity index (χ4n) is 1.91. The SMILES string of the molecule is CC1=NN(CC(=O)O)C(=O)C/C1=C\c1c(Cl)cccc1Cl. The summed E-state index contributed by atoms with van der Waals surface area (Å²) in [4.78, 5) is 22.6. The van der Waals surface area contributed by atoms with Crippen molar-refractivity contribution in [3.63, 3.8) is 0 Å². The molecule has 1 aromatic carbocycles. The summed E-state index contributed by atoms with van der Waals surface area (Å²) in [5.41, 5.74) is 1.84. The van der Waals surface area contributed by atoms with Gasteiger partial charge in [-0.3, -0.25) is 9.59 Å². The number of carbonyl (C=O) groups is 2. The quantitative estimate of drug-likeness (QED) is 0.927. The highest BCUT2D eigenvalue weighted by Crippen LogP contribution is 2.28. The molecule has 1 heterocycles. The van der Waals surface area contributed by atoms with Crippen LogP contribution in [0.15, 0.2) is 28.9 Å². The molecular weight excluding hydrogens is 315 g/mol. The standard InChI is InChI=1S/C14H12Cl2N2O3/c1-8-9(5-10-11(15)3-2-4-12(10)16)6-13(19)18(17-8)7-14(20)21/h2-5H,6-7H2,1H3,(H,20,21)/b9-5+. The Bertz CT molecular complexity index is 648. The lowest BCUT2D eigenvalue weighted by molar-refractivity contribution is -0.144. The van der Waals surface area contributed by atoms with Gasteiger partial charge in [0.15, 0.2) is 0 Å². The van der Waals surface area contributed by atoms with E-state index in [4.69, 9.17) is 28.3 Å². The Morgan fingerprint density at radius 2 is 2.05 bits per heavy atom. The van der Waals surface area contributed by atoms with Crippen molar-refractivity contribution in [1.82, 2.24) is 5.01 Å². The van der Waals surface area contributed by atoms with E-state index in [2.05, 4.69) is 5.10 Å². The predicted octanol–water partition coefficient (Wildman–Crippen LogP) is 3.07. The van der Waals surface area contributed by atoms with Crippen LogP contribution in [-0.2, 0) is 9.59 Å². The number of hydrazone groups is 1. The van der Waals surface area contributed by atoms with Crippen molar-refractivity contribution in [1.29, 1.82) is 0 Å². The summed E-state index contributed by atoms with van der Waals surface area (Å²) in [5.74, 6) is -1.49. The number of carboxylic acid groups (broad SMARTS) is 1. The summed E-state index contributed by atoms with van der Waals surface area (Å²) in [6, 6.07) is 5.13. The highest BCUT2D eigenvalue weighted by atomic mass is 35.5. The van der Waals surface area contributed by atoms with Crippen LogP contribution in [0.25, 0.3) is 6.08 Å². The zero-order valence-corrected chi connectivity index (χ0v) is 12.6. The molecule has 1 N–H and O–H groups in total. The molecular formula is C14H12Cl2N2O3. The third-order valence-corrected chi connectivity index (χ3v) is 3.63. The molecule has 0 saturated heterocycles. The lowest BCUT2D eigenvalue weighted by atomic mass is 10.0. The van der Waals surface area contributed by atoms with Gasteiger partial charge in [-0.05, 0) is 30.7 Å². The van der Waals surface area contributed by atoms with E-state index in [1.54, 1.807) is 31.2 Å². The van der Waals surface area contributed by atoms with Crippen molar-refractivity contribution in [2.24, 2.45) is 5.10 Å². The number of halogens is 2. The molecule has 1 aliphatic heterocycles. The van der Waals surface area contributed by atoms with Crippen LogP contribution in [0.1, 0.15) is 18.9 Å². The molecule has 0 aliphatic carbocycles. The number of benzene rings is 1. The molecule has 1 aliphatic rings. The third-order valence-electron chi connectivity index (χ3n) is 2.97. The summed E-state index contributed by atoms with van der Waals surface area (Å²) < 4.78 is 0. The number of hydrogen-bond donors (Lipinski definition) is 1. The Morgan fingerprint density at radius 1 is 1.43 bits per heavy atom. The van der Waals surface area contributed by atoms with Gasteiger partial charge in [0, 0.05) is 15.6 Å². The van der Waals surface area contributed by atoms with Crippen LogP contribution in [0, 0.1) is 0 Å². The summed E-state index contributed by atoms with van der Waals surface area (Å²) in [6.07, 6.45) is 1.77.